The van der Waals surface area contributed by atoms with Gasteiger partial charge in [0, 0.05) is 21.9 Å². The molecule has 1 aliphatic rings. The lowest BCUT2D eigenvalue weighted by Gasteiger charge is -2.25. The van der Waals surface area contributed by atoms with E-state index in [4.69, 9.17) is 14.4 Å². The van der Waals surface area contributed by atoms with Crippen molar-refractivity contribution in [3.63, 3.8) is 0 Å². The molecule has 2 heterocycles. The van der Waals surface area contributed by atoms with Crippen molar-refractivity contribution in [2.24, 2.45) is 9.98 Å². The topological polar surface area (TPSA) is 49.9 Å². The number of furan rings is 1. The first-order valence-electron chi connectivity index (χ1n) is 19.3. The summed E-state index contributed by atoms with van der Waals surface area (Å²) >= 11 is 0. The van der Waals surface area contributed by atoms with Crippen LogP contribution in [0.4, 0.5) is 0 Å². The minimum Gasteiger partial charge on any atom is -0.456 e. The van der Waals surface area contributed by atoms with E-state index < -0.39 is 0 Å². The van der Waals surface area contributed by atoms with Crippen molar-refractivity contribution in [1.82, 2.24) is 5.32 Å². The van der Waals surface area contributed by atoms with Gasteiger partial charge in [0.15, 0.2) is 5.84 Å². The summed E-state index contributed by atoms with van der Waals surface area (Å²) in [6.07, 6.45) is -0.337. The van der Waals surface area contributed by atoms with Crippen LogP contribution in [0.2, 0.25) is 0 Å². The van der Waals surface area contributed by atoms with Gasteiger partial charge in [-0.2, -0.15) is 0 Å². The fourth-order valence-corrected chi connectivity index (χ4v) is 8.32. The second-order valence-electron chi connectivity index (χ2n) is 14.6. The third-order valence-corrected chi connectivity index (χ3v) is 11.1. The first-order chi connectivity index (χ1) is 28.2. The monoisotopic (exact) mass is 729 g/mol. The molecule has 10 aromatic rings. The van der Waals surface area contributed by atoms with Gasteiger partial charge in [-0.15, -0.1) is 0 Å². The lowest BCUT2D eigenvalue weighted by Crippen LogP contribution is -2.33. The molecule has 57 heavy (non-hydrogen) atoms. The van der Waals surface area contributed by atoms with Crippen LogP contribution in [0, 0.1) is 0 Å². The van der Waals surface area contributed by atoms with Crippen LogP contribution in [0.15, 0.2) is 215 Å². The zero-order valence-corrected chi connectivity index (χ0v) is 30.9. The summed E-state index contributed by atoms with van der Waals surface area (Å²) in [6, 6.07) is 70.5. The van der Waals surface area contributed by atoms with Gasteiger partial charge in [-0.05, 0) is 90.8 Å². The smallest absolute Gasteiger partial charge is 0.159 e. The third-order valence-electron chi connectivity index (χ3n) is 11.1. The number of hydrogen-bond acceptors (Lipinski definition) is 4. The second kappa shape index (κ2) is 13.6. The zero-order chi connectivity index (χ0) is 37.7. The molecule has 268 valence electrons. The van der Waals surface area contributed by atoms with E-state index in [1.165, 1.54) is 27.3 Å². The molecular weight excluding hydrogens is 695 g/mol. The summed E-state index contributed by atoms with van der Waals surface area (Å²) in [4.78, 5) is 10.4. The van der Waals surface area contributed by atoms with E-state index in [1.807, 2.05) is 18.2 Å². The van der Waals surface area contributed by atoms with E-state index in [1.54, 1.807) is 0 Å². The first-order valence-corrected chi connectivity index (χ1v) is 19.3. The Morgan fingerprint density at radius 2 is 1.04 bits per heavy atom. The maximum atomic E-state index is 6.53. The van der Waals surface area contributed by atoms with Crippen LogP contribution >= 0.6 is 0 Å². The van der Waals surface area contributed by atoms with Gasteiger partial charge in [0.05, 0.1) is 0 Å². The number of benzene rings is 9. The predicted molar refractivity (Wildman–Crippen MR) is 237 cm³/mol. The van der Waals surface area contributed by atoms with Crippen LogP contribution in [0.25, 0.3) is 76.9 Å². The summed E-state index contributed by atoms with van der Waals surface area (Å²) in [5, 5.41) is 10.7. The molecule has 0 fully saturated rings. The summed E-state index contributed by atoms with van der Waals surface area (Å²) in [6.45, 7) is 0. The molecule has 4 heteroatoms. The van der Waals surface area contributed by atoms with Crippen LogP contribution in [-0.2, 0) is 0 Å². The molecule has 0 amide bonds. The van der Waals surface area contributed by atoms with Gasteiger partial charge >= 0.3 is 0 Å². The summed E-state index contributed by atoms with van der Waals surface area (Å²) in [5.74, 6) is 1.51. The highest BCUT2D eigenvalue weighted by Gasteiger charge is 2.23. The highest BCUT2D eigenvalue weighted by atomic mass is 16.3. The van der Waals surface area contributed by atoms with Crippen LogP contribution in [0.3, 0.4) is 0 Å². The normalized spacial score (nSPS) is 14.1. The van der Waals surface area contributed by atoms with Crippen molar-refractivity contribution in [2.45, 2.75) is 6.17 Å². The fraction of sp³-hybridized carbons (Fsp3) is 0.0189. The molecule has 0 saturated carbocycles. The molecule has 1 unspecified atom stereocenters. The lowest BCUT2D eigenvalue weighted by molar-refractivity contribution is 0.669. The number of nitrogens with one attached hydrogen (secondary N) is 1. The molecule has 0 bridgehead atoms. The summed E-state index contributed by atoms with van der Waals surface area (Å²) in [5.41, 5.74) is 11.8. The average molecular weight is 730 g/mol. The van der Waals surface area contributed by atoms with E-state index in [-0.39, 0.29) is 6.17 Å². The molecule has 9 aromatic carbocycles. The van der Waals surface area contributed by atoms with Crippen molar-refractivity contribution >= 4 is 55.2 Å². The van der Waals surface area contributed by atoms with Crippen molar-refractivity contribution in [1.29, 1.82) is 0 Å². The third kappa shape index (κ3) is 5.87. The molecule has 1 N–H and O–H groups in total. The summed E-state index contributed by atoms with van der Waals surface area (Å²) < 4.78 is 6.53. The Morgan fingerprint density at radius 1 is 0.404 bits per heavy atom. The molecule has 0 spiro atoms. The SMILES string of the molecule is c1ccc(C2=NC(c3ccc(-c4cccc5oc6cc(-c7cccc(-c8ccccc8)c7)ccc6c45)cc3)NC(c3cc4ccccc4c4ccccc34)=N2)cc1. The number of aliphatic imine (C=N–C) groups is 2. The molecule has 11 rings (SSSR count). The first kappa shape index (κ1) is 32.8. The van der Waals surface area contributed by atoms with Crippen LogP contribution in [0.1, 0.15) is 22.9 Å². The van der Waals surface area contributed by atoms with Gasteiger partial charge in [0.25, 0.3) is 0 Å². The number of hydrogen-bond donors (Lipinski definition) is 1. The fourth-order valence-electron chi connectivity index (χ4n) is 8.32. The van der Waals surface area contributed by atoms with E-state index in [0.29, 0.717) is 5.84 Å². The van der Waals surface area contributed by atoms with E-state index >= 15 is 0 Å². The average Bonchev–Trinajstić information content (AvgIpc) is 3.68. The minimum absolute atomic E-state index is 0.337. The van der Waals surface area contributed by atoms with Crippen LogP contribution in [-0.4, -0.2) is 11.7 Å². The van der Waals surface area contributed by atoms with E-state index in [0.717, 1.165) is 72.1 Å². The molecule has 1 aliphatic heterocycles. The predicted octanol–water partition coefficient (Wildman–Crippen LogP) is 13.4. The molecule has 0 saturated heterocycles. The van der Waals surface area contributed by atoms with E-state index in [9.17, 15) is 0 Å². The Morgan fingerprint density at radius 3 is 1.84 bits per heavy atom. The Balaban J connectivity index is 0.957. The summed E-state index contributed by atoms with van der Waals surface area (Å²) in [7, 11) is 0. The lowest BCUT2D eigenvalue weighted by atomic mass is 9.95. The Labute approximate surface area is 330 Å². The number of amidine groups is 2. The molecule has 4 nitrogen and oxygen atoms in total. The Hall–Kier alpha value is -7.56. The van der Waals surface area contributed by atoms with Crippen molar-refractivity contribution in [3.05, 3.63) is 217 Å². The van der Waals surface area contributed by atoms with Gasteiger partial charge in [-0.1, -0.05) is 170 Å². The molecule has 1 aromatic heterocycles. The highest BCUT2D eigenvalue weighted by molar-refractivity contribution is 6.22. The maximum absolute atomic E-state index is 6.53. The number of fused-ring (bicyclic) bond motifs is 6. The number of nitrogens with zero attached hydrogens (tertiary/aromatic N) is 2. The molecule has 0 aliphatic carbocycles. The Kier molecular flexibility index (Phi) is 7.85. The minimum atomic E-state index is -0.337. The van der Waals surface area contributed by atoms with Crippen molar-refractivity contribution < 1.29 is 4.42 Å². The van der Waals surface area contributed by atoms with Crippen LogP contribution in [0.5, 0.6) is 0 Å². The van der Waals surface area contributed by atoms with Gasteiger partial charge in [-0.3, -0.25) is 0 Å². The molecule has 0 radical (unpaired) electrons. The van der Waals surface area contributed by atoms with Gasteiger partial charge in [0.1, 0.15) is 23.2 Å². The zero-order valence-electron chi connectivity index (χ0n) is 30.9. The number of rotatable bonds is 6. The maximum Gasteiger partial charge on any atom is 0.159 e. The van der Waals surface area contributed by atoms with Crippen molar-refractivity contribution in [2.75, 3.05) is 0 Å². The molecule has 1 atom stereocenters. The largest absolute Gasteiger partial charge is 0.456 e. The van der Waals surface area contributed by atoms with E-state index in [2.05, 4.69) is 187 Å². The van der Waals surface area contributed by atoms with Gasteiger partial charge in [-0.25, -0.2) is 9.98 Å². The highest BCUT2D eigenvalue weighted by Crippen LogP contribution is 2.39. The second-order valence-corrected chi connectivity index (χ2v) is 14.6. The molecular formula is C53H35N3O. The van der Waals surface area contributed by atoms with Gasteiger partial charge in [0.2, 0.25) is 0 Å². The van der Waals surface area contributed by atoms with Crippen molar-refractivity contribution in [3.8, 4) is 33.4 Å². The van der Waals surface area contributed by atoms with Gasteiger partial charge < -0.3 is 9.73 Å². The quantitative estimate of drug-likeness (QED) is 0.173. The standard InChI is InChI=1S/C53H35N3O/c1-3-13-34(14-4-1)38-18-11-19-39(31-38)40-29-30-46-49(33-40)57-48-24-12-23-43(50(46)48)35-25-27-37(28-26-35)52-54-51(36-15-5-2-6-16-36)55-53(56-52)47-32-41-17-7-8-20-42(41)44-21-9-10-22-45(44)47/h1-33,52H,(H,54,55,56). The van der Waals surface area contributed by atoms with Crippen LogP contribution < -0.4 is 5.32 Å². The Bertz CT molecular complexity index is 3200.